The number of halogens is 3. The van der Waals surface area contributed by atoms with Gasteiger partial charge in [-0.15, -0.1) is 0 Å². The highest BCUT2D eigenvalue weighted by Gasteiger charge is 2.38. The van der Waals surface area contributed by atoms with Crippen LogP contribution >= 0.6 is 0 Å². The maximum Gasteiger partial charge on any atom is 0.416 e. The molecule has 42 heavy (non-hydrogen) atoms. The molecule has 1 atom stereocenters. The first-order valence-corrected chi connectivity index (χ1v) is 18.1. The molecule has 0 unspecified atom stereocenters. The van der Waals surface area contributed by atoms with Crippen molar-refractivity contribution in [3.8, 4) is 5.75 Å². The second-order valence-corrected chi connectivity index (χ2v) is 16.8. The van der Waals surface area contributed by atoms with E-state index in [1.54, 1.807) is 0 Å². The minimum absolute atomic E-state index is 0. The van der Waals surface area contributed by atoms with Crippen molar-refractivity contribution in [2.24, 2.45) is 5.92 Å². The lowest BCUT2D eigenvalue weighted by atomic mass is 9.93. The van der Waals surface area contributed by atoms with E-state index in [1.165, 1.54) is 11.8 Å². The van der Waals surface area contributed by atoms with E-state index in [-0.39, 0.29) is 45.2 Å². The van der Waals surface area contributed by atoms with Crippen molar-refractivity contribution in [1.29, 1.82) is 0 Å². The number of sulfone groups is 3. The summed E-state index contributed by atoms with van der Waals surface area (Å²) in [5.41, 5.74) is -1.58. The Bertz CT molecular complexity index is 1620. The van der Waals surface area contributed by atoms with Gasteiger partial charge in [-0.25, -0.2) is 25.3 Å². The molecule has 0 spiro atoms. The van der Waals surface area contributed by atoms with Crippen LogP contribution < -0.4 is 4.74 Å². The molecule has 0 N–H and O–H groups in total. The van der Waals surface area contributed by atoms with Crippen LogP contribution in [0, 0.1) is 5.92 Å². The Hall–Kier alpha value is -2.65. The molecule has 1 saturated heterocycles. The number of piperidine rings is 1. The van der Waals surface area contributed by atoms with Crippen LogP contribution in [0.1, 0.15) is 56.0 Å². The fourth-order valence-corrected chi connectivity index (χ4v) is 8.48. The molecule has 2 aliphatic rings. The highest BCUT2D eigenvalue weighted by Crippen LogP contribution is 2.37. The van der Waals surface area contributed by atoms with E-state index in [0.717, 1.165) is 55.7 Å². The molecule has 2 aromatic rings. The predicted octanol–water partition coefficient (Wildman–Crippen LogP) is 4.40. The Balaban J connectivity index is 0.00000484. The first-order valence-electron chi connectivity index (χ1n) is 12.8. The number of nitrogens with zero attached hydrogens (tertiary/aromatic N) is 1. The Morgan fingerprint density at radius 1 is 0.905 bits per heavy atom. The Morgan fingerprint density at radius 3 is 1.88 bits per heavy atom. The number of likely N-dealkylation sites (tertiary alicyclic amines) is 1. The predicted molar refractivity (Wildman–Crippen MR) is 150 cm³/mol. The number of alkyl halides is 3. The number of amides is 1. The highest BCUT2D eigenvalue weighted by molar-refractivity contribution is 7.92. The van der Waals surface area contributed by atoms with Gasteiger partial charge in [0.05, 0.1) is 37.2 Å². The summed E-state index contributed by atoms with van der Waals surface area (Å²) in [6.07, 6.45) is -1.38. The molecule has 2 fully saturated rings. The van der Waals surface area contributed by atoms with Gasteiger partial charge in [-0.2, -0.15) is 13.2 Å². The van der Waals surface area contributed by atoms with Crippen LogP contribution in [0.3, 0.4) is 0 Å². The van der Waals surface area contributed by atoms with Gasteiger partial charge < -0.3 is 9.64 Å². The average molecular weight is 654 g/mol. The largest absolute Gasteiger partial charge is 0.490 e. The topological polar surface area (TPSA) is 132 Å². The molecule has 0 aromatic heterocycles. The van der Waals surface area contributed by atoms with Crippen LogP contribution in [0.4, 0.5) is 13.2 Å². The summed E-state index contributed by atoms with van der Waals surface area (Å²) >= 11 is 0. The summed E-state index contributed by atoms with van der Waals surface area (Å²) in [6, 6.07) is 5.81. The van der Waals surface area contributed by atoms with E-state index in [9.17, 15) is 43.2 Å². The van der Waals surface area contributed by atoms with E-state index >= 15 is 0 Å². The molecular formula is C27H34F3NO8S3. The number of carbonyl (C=O) groups excluding carboxylic acids is 1. The van der Waals surface area contributed by atoms with Crippen LogP contribution in [0.25, 0.3) is 0 Å². The lowest BCUT2D eigenvalue weighted by Crippen LogP contribution is -2.43. The number of carbonyl (C=O) groups is 1. The molecule has 1 aliphatic carbocycles. The molecule has 9 nitrogen and oxygen atoms in total. The van der Waals surface area contributed by atoms with Crippen molar-refractivity contribution in [2.45, 2.75) is 72.3 Å². The third-order valence-electron chi connectivity index (χ3n) is 7.35. The molecule has 4 rings (SSSR count). The first kappa shape index (κ1) is 33.8. The minimum atomic E-state index is -4.71. The zero-order valence-corrected chi connectivity index (χ0v) is 25.0. The molecule has 15 heteroatoms. The first-order chi connectivity index (χ1) is 18.8. The van der Waals surface area contributed by atoms with Gasteiger partial charge in [0, 0.05) is 25.6 Å². The van der Waals surface area contributed by atoms with Crippen molar-refractivity contribution in [3.63, 3.8) is 0 Å². The van der Waals surface area contributed by atoms with Crippen molar-refractivity contribution >= 4 is 35.4 Å². The van der Waals surface area contributed by atoms with Gasteiger partial charge in [0.1, 0.15) is 5.75 Å². The zero-order chi connectivity index (χ0) is 30.5. The summed E-state index contributed by atoms with van der Waals surface area (Å²) in [4.78, 5) is 13.5. The number of rotatable bonds is 8. The summed E-state index contributed by atoms with van der Waals surface area (Å²) in [6.45, 7) is 1.37. The fourth-order valence-electron chi connectivity index (χ4n) is 4.86. The lowest BCUT2D eigenvalue weighted by molar-refractivity contribution is -0.137. The van der Waals surface area contributed by atoms with E-state index in [1.807, 2.05) is 0 Å². The summed E-state index contributed by atoms with van der Waals surface area (Å²) in [5, 5.41) is -1.07. The van der Waals surface area contributed by atoms with Gasteiger partial charge in [-0.05, 0) is 68.9 Å². The molecule has 2 aromatic carbocycles. The van der Waals surface area contributed by atoms with Gasteiger partial charge in [-0.3, -0.25) is 4.79 Å². The maximum atomic E-state index is 13.6. The summed E-state index contributed by atoms with van der Waals surface area (Å²) in [5.74, 6) is -1.33. The second kappa shape index (κ2) is 11.8. The van der Waals surface area contributed by atoms with Crippen LogP contribution in [-0.2, 0) is 35.7 Å². The van der Waals surface area contributed by atoms with Gasteiger partial charge in [-0.1, -0.05) is 13.5 Å². The number of hydrogen-bond donors (Lipinski definition) is 0. The van der Waals surface area contributed by atoms with Crippen molar-refractivity contribution in [2.75, 3.05) is 25.6 Å². The van der Waals surface area contributed by atoms with Gasteiger partial charge in [0.25, 0.3) is 5.91 Å². The lowest BCUT2D eigenvalue weighted by Gasteiger charge is -2.35. The van der Waals surface area contributed by atoms with E-state index in [0.29, 0.717) is 6.07 Å². The normalized spacial score (nSPS) is 17.8. The zero-order valence-electron chi connectivity index (χ0n) is 22.5. The standard InChI is InChI=1S/C26H30F3NO8S3.CH4/c1-16(41(36,37)21-6-4-5-18(13-21)26(27,28)29)17-9-11-30(12-10-17)25(31)24-22(39(2,32)33)14-20(38-19-7-8-19)15-23(24)40(3,34)35;/h4-6,13-17,19H,7-12H2,1-3H3;1H4/t16-;/m1./s1. The molecule has 1 saturated carbocycles. The molecule has 0 bridgehead atoms. The highest BCUT2D eigenvalue weighted by atomic mass is 32.2. The van der Waals surface area contributed by atoms with Gasteiger partial charge >= 0.3 is 6.18 Å². The number of ether oxygens (including phenoxy) is 1. The minimum Gasteiger partial charge on any atom is -0.490 e. The van der Waals surface area contributed by atoms with E-state index in [2.05, 4.69) is 0 Å². The molecule has 1 aliphatic heterocycles. The summed E-state index contributed by atoms with van der Waals surface area (Å²) < 4.78 is 122. The van der Waals surface area contributed by atoms with Crippen LogP contribution in [0.2, 0.25) is 0 Å². The maximum absolute atomic E-state index is 13.6. The third kappa shape index (κ3) is 7.28. The SMILES string of the molecule is C.C[C@H](C1CCN(C(=O)c2c(S(C)(=O)=O)cc(OC3CC3)cc2S(C)(=O)=O)CC1)S(=O)(=O)c1cccc(C(F)(F)F)c1. The summed E-state index contributed by atoms with van der Waals surface area (Å²) in [7, 11) is -12.3. The molecule has 1 heterocycles. The monoisotopic (exact) mass is 653 g/mol. The number of hydrogen-bond acceptors (Lipinski definition) is 8. The molecule has 0 radical (unpaired) electrons. The average Bonchev–Trinajstić information content (AvgIpc) is 3.70. The van der Waals surface area contributed by atoms with Crippen molar-refractivity contribution in [1.82, 2.24) is 4.90 Å². The van der Waals surface area contributed by atoms with E-state index in [4.69, 9.17) is 4.74 Å². The Morgan fingerprint density at radius 2 is 1.43 bits per heavy atom. The quantitative estimate of drug-likeness (QED) is 0.410. The Labute approximate surface area is 244 Å². The Kier molecular flexibility index (Phi) is 9.50. The third-order valence-corrected chi connectivity index (χ3v) is 11.9. The molecule has 1 amide bonds. The fraction of sp³-hybridized carbons (Fsp3) is 0.519. The number of benzene rings is 2. The van der Waals surface area contributed by atoms with Gasteiger partial charge in [0.15, 0.2) is 29.5 Å². The smallest absolute Gasteiger partial charge is 0.416 e. The van der Waals surface area contributed by atoms with Crippen LogP contribution in [-0.4, -0.2) is 73.0 Å². The van der Waals surface area contributed by atoms with Gasteiger partial charge in [0.2, 0.25) is 0 Å². The van der Waals surface area contributed by atoms with Crippen LogP contribution in [0.5, 0.6) is 5.75 Å². The van der Waals surface area contributed by atoms with Crippen molar-refractivity contribution in [3.05, 3.63) is 47.5 Å². The molecule has 234 valence electrons. The van der Waals surface area contributed by atoms with E-state index < -0.39 is 78.6 Å². The van der Waals surface area contributed by atoms with Crippen molar-refractivity contribution < 1.29 is 48.0 Å². The molecular weight excluding hydrogens is 619 g/mol. The van der Waals surface area contributed by atoms with Crippen LogP contribution in [0.15, 0.2) is 51.1 Å². The second-order valence-electron chi connectivity index (χ2n) is 10.6.